The van der Waals surface area contributed by atoms with Crippen molar-refractivity contribution in [1.29, 1.82) is 0 Å². The molecule has 0 bridgehead atoms. The molecule has 1 N–H and O–H groups in total. The minimum absolute atomic E-state index is 0.141. The fraction of sp³-hybridized carbons (Fsp3) is 0.588. The van der Waals surface area contributed by atoms with Gasteiger partial charge in [0.2, 0.25) is 0 Å². The first-order valence-corrected chi connectivity index (χ1v) is 7.74. The van der Waals surface area contributed by atoms with Crippen LogP contribution in [0.25, 0.3) is 0 Å². The first kappa shape index (κ1) is 16.5. The topological polar surface area (TPSA) is 59.0 Å². The molecule has 1 atom stereocenters. The number of likely N-dealkylation sites (tertiary alicyclic amines) is 1. The summed E-state index contributed by atoms with van der Waals surface area (Å²) < 4.78 is 11.1. The molecule has 122 valence electrons. The van der Waals surface area contributed by atoms with Gasteiger partial charge in [0.1, 0.15) is 5.60 Å². The summed E-state index contributed by atoms with van der Waals surface area (Å²) in [7, 11) is 0. The maximum atomic E-state index is 12.1. The predicted molar refractivity (Wildman–Crippen MR) is 84.1 cm³/mol. The normalized spacial score (nSPS) is 18.9. The van der Waals surface area contributed by atoms with Gasteiger partial charge in [-0.05, 0) is 45.7 Å². The standard InChI is InChI=1S/C17H25NO4/c1-17(2,3)22-16(20)18-10-6-7-13(11-18)12-21-15-9-5-4-8-14(15)19/h4-5,8-9,13,19H,6-7,10-12H2,1-3H3. The van der Waals surface area contributed by atoms with E-state index in [1.807, 2.05) is 26.8 Å². The van der Waals surface area contributed by atoms with Crippen molar-refractivity contribution >= 4 is 6.09 Å². The molecule has 22 heavy (non-hydrogen) atoms. The van der Waals surface area contributed by atoms with Crippen LogP contribution in [0.15, 0.2) is 24.3 Å². The van der Waals surface area contributed by atoms with E-state index in [0.717, 1.165) is 19.4 Å². The van der Waals surface area contributed by atoms with Crippen molar-refractivity contribution in [1.82, 2.24) is 4.90 Å². The molecule has 1 aliphatic heterocycles. The van der Waals surface area contributed by atoms with Gasteiger partial charge in [0.25, 0.3) is 0 Å². The highest BCUT2D eigenvalue weighted by molar-refractivity contribution is 5.68. The number of hydrogen-bond donors (Lipinski definition) is 1. The van der Waals surface area contributed by atoms with Crippen molar-refractivity contribution in [3.05, 3.63) is 24.3 Å². The van der Waals surface area contributed by atoms with Crippen LogP contribution in [0.1, 0.15) is 33.6 Å². The highest BCUT2D eigenvalue weighted by Gasteiger charge is 2.28. The third-order valence-corrected chi connectivity index (χ3v) is 3.51. The van der Waals surface area contributed by atoms with E-state index in [4.69, 9.17) is 9.47 Å². The zero-order valence-corrected chi connectivity index (χ0v) is 13.5. The van der Waals surface area contributed by atoms with Crippen molar-refractivity contribution in [2.75, 3.05) is 19.7 Å². The van der Waals surface area contributed by atoms with Crippen LogP contribution in [0.3, 0.4) is 0 Å². The van der Waals surface area contributed by atoms with E-state index in [0.29, 0.717) is 18.9 Å². The number of carbonyl (C=O) groups excluding carboxylic acids is 1. The van der Waals surface area contributed by atoms with Crippen molar-refractivity contribution in [2.24, 2.45) is 5.92 Å². The Balaban J connectivity index is 1.86. The highest BCUT2D eigenvalue weighted by Crippen LogP contribution is 2.26. The maximum absolute atomic E-state index is 12.1. The van der Waals surface area contributed by atoms with Gasteiger partial charge in [-0.15, -0.1) is 0 Å². The Morgan fingerprint density at radius 3 is 2.77 bits per heavy atom. The molecule has 1 aromatic rings. The molecule has 1 unspecified atom stereocenters. The summed E-state index contributed by atoms with van der Waals surface area (Å²) in [6, 6.07) is 6.92. The van der Waals surface area contributed by atoms with Crippen LogP contribution in [0, 0.1) is 5.92 Å². The van der Waals surface area contributed by atoms with Crippen molar-refractivity contribution in [3.8, 4) is 11.5 Å². The number of aromatic hydroxyl groups is 1. The zero-order valence-electron chi connectivity index (χ0n) is 13.5. The van der Waals surface area contributed by atoms with E-state index < -0.39 is 5.60 Å². The summed E-state index contributed by atoms with van der Waals surface area (Å²) in [5, 5.41) is 9.70. The molecule has 0 saturated carbocycles. The van der Waals surface area contributed by atoms with E-state index in [-0.39, 0.29) is 17.8 Å². The van der Waals surface area contributed by atoms with Crippen LogP contribution in [0.5, 0.6) is 11.5 Å². The third-order valence-electron chi connectivity index (χ3n) is 3.51. The van der Waals surface area contributed by atoms with Gasteiger partial charge < -0.3 is 19.5 Å². The lowest BCUT2D eigenvalue weighted by Crippen LogP contribution is -2.44. The number of hydrogen-bond acceptors (Lipinski definition) is 4. The van der Waals surface area contributed by atoms with Crippen LogP contribution < -0.4 is 4.74 Å². The van der Waals surface area contributed by atoms with E-state index in [2.05, 4.69) is 0 Å². The van der Waals surface area contributed by atoms with E-state index in [9.17, 15) is 9.90 Å². The number of nitrogens with zero attached hydrogens (tertiary/aromatic N) is 1. The molecule has 1 fully saturated rings. The first-order chi connectivity index (χ1) is 10.3. The second-order valence-corrected chi connectivity index (χ2v) is 6.71. The van der Waals surface area contributed by atoms with Gasteiger partial charge in [-0.1, -0.05) is 12.1 Å². The molecule has 1 aliphatic rings. The van der Waals surface area contributed by atoms with Gasteiger partial charge in [-0.2, -0.15) is 0 Å². The van der Waals surface area contributed by atoms with Gasteiger partial charge in [0.15, 0.2) is 11.5 Å². The Morgan fingerprint density at radius 1 is 1.36 bits per heavy atom. The summed E-state index contributed by atoms with van der Waals surface area (Å²) in [4.78, 5) is 13.9. The largest absolute Gasteiger partial charge is 0.504 e. The van der Waals surface area contributed by atoms with Crippen LogP contribution in [-0.2, 0) is 4.74 Å². The van der Waals surface area contributed by atoms with E-state index >= 15 is 0 Å². The number of phenols is 1. The number of para-hydroxylation sites is 2. The second kappa shape index (κ2) is 6.90. The average Bonchev–Trinajstić information content (AvgIpc) is 2.45. The molecular formula is C17H25NO4. The predicted octanol–water partition coefficient (Wildman–Crippen LogP) is 3.42. The Hall–Kier alpha value is -1.91. The van der Waals surface area contributed by atoms with E-state index in [1.54, 1.807) is 23.1 Å². The maximum Gasteiger partial charge on any atom is 0.410 e. The SMILES string of the molecule is CC(C)(C)OC(=O)N1CCCC(COc2ccccc2O)C1. The second-order valence-electron chi connectivity index (χ2n) is 6.71. The lowest BCUT2D eigenvalue weighted by Gasteiger charge is -2.34. The summed E-state index contributed by atoms with van der Waals surface area (Å²) in [5.74, 6) is 0.875. The average molecular weight is 307 g/mol. The molecule has 0 aliphatic carbocycles. The number of ether oxygens (including phenoxy) is 2. The summed E-state index contributed by atoms with van der Waals surface area (Å²) in [6.45, 7) is 7.44. The minimum atomic E-state index is -0.476. The lowest BCUT2D eigenvalue weighted by molar-refractivity contribution is 0.0138. The van der Waals surface area contributed by atoms with Crippen molar-refractivity contribution in [2.45, 2.75) is 39.2 Å². The van der Waals surface area contributed by atoms with Crippen molar-refractivity contribution < 1.29 is 19.4 Å². The number of benzene rings is 1. The fourth-order valence-electron chi connectivity index (χ4n) is 2.48. The molecule has 1 amide bonds. The molecule has 1 heterocycles. The Bertz CT molecular complexity index is 510. The van der Waals surface area contributed by atoms with Gasteiger partial charge in [0, 0.05) is 19.0 Å². The van der Waals surface area contributed by atoms with Crippen molar-refractivity contribution in [3.63, 3.8) is 0 Å². The van der Waals surface area contributed by atoms with Gasteiger partial charge in [-0.3, -0.25) is 0 Å². The van der Waals surface area contributed by atoms with Gasteiger partial charge in [-0.25, -0.2) is 4.79 Å². The minimum Gasteiger partial charge on any atom is -0.504 e. The molecule has 1 aromatic carbocycles. The van der Waals surface area contributed by atoms with E-state index in [1.165, 1.54) is 0 Å². The smallest absolute Gasteiger partial charge is 0.410 e. The molecule has 1 saturated heterocycles. The van der Waals surface area contributed by atoms with Crippen LogP contribution >= 0.6 is 0 Å². The summed E-state index contributed by atoms with van der Waals surface area (Å²) in [6.07, 6.45) is 1.68. The Kier molecular flexibility index (Phi) is 5.16. The molecular weight excluding hydrogens is 282 g/mol. The Morgan fingerprint density at radius 2 is 2.09 bits per heavy atom. The number of phenolic OH excluding ortho intramolecular Hbond substituents is 1. The molecule has 0 spiro atoms. The lowest BCUT2D eigenvalue weighted by atomic mass is 9.99. The summed E-state index contributed by atoms with van der Waals surface area (Å²) >= 11 is 0. The number of piperidine rings is 1. The van der Waals surface area contributed by atoms with Gasteiger partial charge in [0.05, 0.1) is 6.61 Å². The highest BCUT2D eigenvalue weighted by atomic mass is 16.6. The quantitative estimate of drug-likeness (QED) is 0.929. The Labute approximate surface area is 131 Å². The first-order valence-electron chi connectivity index (χ1n) is 7.74. The van der Waals surface area contributed by atoms with Gasteiger partial charge >= 0.3 is 6.09 Å². The molecule has 0 radical (unpaired) electrons. The molecule has 5 nitrogen and oxygen atoms in total. The molecule has 5 heteroatoms. The monoisotopic (exact) mass is 307 g/mol. The van der Waals surface area contributed by atoms with Crippen LogP contribution in [0.2, 0.25) is 0 Å². The third kappa shape index (κ3) is 4.83. The zero-order chi connectivity index (χ0) is 16.2. The fourth-order valence-corrected chi connectivity index (χ4v) is 2.48. The van der Waals surface area contributed by atoms with Crippen LogP contribution in [-0.4, -0.2) is 41.4 Å². The molecule has 2 rings (SSSR count). The molecule has 0 aromatic heterocycles. The summed E-state index contributed by atoms with van der Waals surface area (Å²) in [5.41, 5.74) is -0.476. The number of amides is 1. The number of rotatable bonds is 3. The van der Waals surface area contributed by atoms with Crippen LogP contribution in [0.4, 0.5) is 4.79 Å². The number of carbonyl (C=O) groups is 1.